The van der Waals surface area contributed by atoms with Gasteiger partial charge in [-0.15, -0.1) is 0 Å². The van der Waals surface area contributed by atoms with E-state index in [9.17, 15) is 13.2 Å². The summed E-state index contributed by atoms with van der Waals surface area (Å²) in [5.41, 5.74) is 5.37. The van der Waals surface area contributed by atoms with E-state index in [1.807, 2.05) is 6.92 Å². The van der Waals surface area contributed by atoms with Gasteiger partial charge in [0.2, 0.25) is 0 Å². The van der Waals surface area contributed by atoms with E-state index in [0.717, 1.165) is 0 Å². The standard InChI is InChI=1S/C16H17ClN2O5S/c1-2-23-12-5-3-11(4-6-12)19-25(21,22)13-7-8-15(14(17)9-13)24-10-16(18)20/h3-9,19H,2,10H2,1H3,(H2,18,20). The molecule has 3 N–H and O–H groups in total. The SMILES string of the molecule is CCOc1ccc(NS(=O)(=O)c2ccc(OCC(N)=O)c(Cl)c2)cc1. The summed E-state index contributed by atoms with van der Waals surface area (Å²) < 4.78 is 37.7. The second-order valence-electron chi connectivity index (χ2n) is 4.91. The number of hydrogen-bond donors (Lipinski definition) is 2. The minimum atomic E-state index is -3.83. The molecule has 7 nitrogen and oxygen atoms in total. The number of anilines is 1. The number of carbonyl (C=O) groups excluding carboxylic acids is 1. The van der Waals surface area contributed by atoms with Crippen molar-refractivity contribution in [1.82, 2.24) is 0 Å². The molecule has 0 aromatic heterocycles. The van der Waals surface area contributed by atoms with Crippen LogP contribution in [0.5, 0.6) is 11.5 Å². The molecule has 0 saturated carbocycles. The molecule has 0 radical (unpaired) electrons. The molecule has 0 spiro atoms. The van der Waals surface area contributed by atoms with Gasteiger partial charge in [0.25, 0.3) is 15.9 Å². The number of ether oxygens (including phenoxy) is 2. The smallest absolute Gasteiger partial charge is 0.261 e. The lowest BCUT2D eigenvalue weighted by molar-refractivity contribution is -0.119. The zero-order chi connectivity index (χ0) is 18.4. The van der Waals surface area contributed by atoms with Crippen molar-refractivity contribution >= 4 is 33.2 Å². The normalized spacial score (nSPS) is 11.0. The van der Waals surface area contributed by atoms with Gasteiger partial charge in [0, 0.05) is 5.69 Å². The lowest BCUT2D eigenvalue weighted by atomic mass is 10.3. The number of amides is 1. The Morgan fingerprint density at radius 3 is 2.40 bits per heavy atom. The molecule has 0 saturated heterocycles. The summed E-state index contributed by atoms with van der Waals surface area (Å²) >= 11 is 5.99. The molecule has 2 rings (SSSR count). The van der Waals surface area contributed by atoms with Gasteiger partial charge in [-0.05, 0) is 49.4 Å². The van der Waals surface area contributed by atoms with E-state index in [1.165, 1.54) is 18.2 Å². The van der Waals surface area contributed by atoms with Gasteiger partial charge in [-0.2, -0.15) is 0 Å². The fraction of sp³-hybridized carbons (Fsp3) is 0.188. The number of rotatable bonds is 8. The summed E-state index contributed by atoms with van der Waals surface area (Å²) in [5.74, 6) is 0.148. The molecule has 0 atom stereocenters. The first-order valence-electron chi connectivity index (χ1n) is 7.28. The van der Waals surface area contributed by atoms with Gasteiger partial charge < -0.3 is 15.2 Å². The van der Waals surface area contributed by atoms with Crippen molar-refractivity contribution in [2.45, 2.75) is 11.8 Å². The Morgan fingerprint density at radius 1 is 1.16 bits per heavy atom. The van der Waals surface area contributed by atoms with Crippen molar-refractivity contribution in [3.8, 4) is 11.5 Å². The maximum Gasteiger partial charge on any atom is 0.261 e. The van der Waals surface area contributed by atoms with E-state index >= 15 is 0 Å². The highest BCUT2D eigenvalue weighted by Gasteiger charge is 2.16. The van der Waals surface area contributed by atoms with Crippen LogP contribution in [0.1, 0.15) is 6.92 Å². The quantitative estimate of drug-likeness (QED) is 0.726. The van der Waals surface area contributed by atoms with Crippen molar-refractivity contribution in [3.63, 3.8) is 0 Å². The zero-order valence-corrected chi connectivity index (χ0v) is 14.9. The topological polar surface area (TPSA) is 108 Å². The Labute approximate surface area is 150 Å². The third-order valence-electron chi connectivity index (χ3n) is 3.00. The average molecular weight is 385 g/mol. The van der Waals surface area contributed by atoms with Gasteiger partial charge >= 0.3 is 0 Å². The fourth-order valence-electron chi connectivity index (χ4n) is 1.91. The highest BCUT2D eigenvalue weighted by molar-refractivity contribution is 7.92. The summed E-state index contributed by atoms with van der Waals surface area (Å²) in [6.07, 6.45) is 0. The van der Waals surface area contributed by atoms with E-state index < -0.39 is 15.9 Å². The number of halogens is 1. The van der Waals surface area contributed by atoms with E-state index in [2.05, 4.69) is 4.72 Å². The molecule has 134 valence electrons. The van der Waals surface area contributed by atoms with Crippen LogP contribution in [-0.2, 0) is 14.8 Å². The van der Waals surface area contributed by atoms with Crippen molar-refractivity contribution in [3.05, 3.63) is 47.5 Å². The Kier molecular flexibility index (Phi) is 6.11. The van der Waals surface area contributed by atoms with Crippen LogP contribution in [0.3, 0.4) is 0 Å². The van der Waals surface area contributed by atoms with E-state index in [0.29, 0.717) is 18.0 Å². The third kappa shape index (κ3) is 5.27. The number of primary amides is 1. The number of carbonyl (C=O) groups is 1. The first-order valence-corrected chi connectivity index (χ1v) is 9.14. The highest BCUT2D eigenvalue weighted by atomic mass is 35.5. The largest absolute Gasteiger partial charge is 0.494 e. The number of benzene rings is 2. The van der Waals surface area contributed by atoms with Crippen LogP contribution in [0.2, 0.25) is 5.02 Å². The summed E-state index contributed by atoms with van der Waals surface area (Å²) in [6, 6.07) is 10.4. The maximum atomic E-state index is 12.4. The average Bonchev–Trinajstić information content (AvgIpc) is 2.55. The van der Waals surface area contributed by atoms with Crippen LogP contribution in [0, 0.1) is 0 Å². The molecule has 1 amide bonds. The molecule has 0 aliphatic heterocycles. The second kappa shape index (κ2) is 8.09. The van der Waals surface area contributed by atoms with Gasteiger partial charge in [0.1, 0.15) is 11.5 Å². The maximum absolute atomic E-state index is 12.4. The van der Waals surface area contributed by atoms with Crippen molar-refractivity contribution in [2.24, 2.45) is 5.73 Å². The summed E-state index contributed by atoms with van der Waals surface area (Å²) in [6.45, 7) is 2.03. The van der Waals surface area contributed by atoms with Crippen LogP contribution >= 0.6 is 11.6 Å². The predicted octanol–water partition coefficient (Wildman–Crippen LogP) is 2.40. The molecule has 0 fully saturated rings. The Bertz CT molecular complexity index is 853. The summed E-state index contributed by atoms with van der Waals surface area (Å²) in [4.78, 5) is 10.7. The molecule has 0 bridgehead atoms. The van der Waals surface area contributed by atoms with Gasteiger partial charge in [0.05, 0.1) is 16.5 Å². The molecule has 25 heavy (non-hydrogen) atoms. The molecular formula is C16H17ClN2O5S. The van der Waals surface area contributed by atoms with Gasteiger partial charge in [-0.1, -0.05) is 11.6 Å². The van der Waals surface area contributed by atoms with Crippen LogP contribution in [-0.4, -0.2) is 27.5 Å². The predicted molar refractivity (Wildman–Crippen MR) is 94.6 cm³/mol. The number of sulfonamides is 1. The zero-order valence-electron chi connectivity index (χ0n) is 13.4. The molecule has 0 unspecified atom stereocenters. The lowest BCUT2D eigenvalue weighted by Crippen LogP contribution is -2.20. The van der Waals surface area contributed by atoms with Crippen LogP contribution < -0.4 is 19.9 Å². The van der Waals surface area contributed by atoms with Crippen molar-refractivity contribution < 1.29 is 22.7 Å². The molecule has 9 heteroatoms. The minimum Gasteiger partial charge on any atom is -0.494 e. The van der Waals surface area contributed by atoms with Crippen molar-refractivity contribution in [1.29, 1.82) is 0 Å². The number of nitrogens with two attached hydrogens (primary N) is 1. The van der Waals surface area contributed by atoms with Crippen molar-refractivity contribution in [2.75, 3.05) is 17.9 Å². The molecule has 2 aromatic carbocycles. The molecule has 2 aromatic rings. The number of hydrogen-bond acceptors (Lipinski definition) is 5. The number of nitrogens with one attached hydrogen (secondary N) is 1. The Balaban J connectivity index is 2.15. The van der Waals surface area contributed by atoms with Gasteiger partial charge in [-0.3, -0.25) is 9.52 Å². The second-order valence-corrected chi connectivity index (χ2v) is 7.00. The monoisotopic (exact) mass is 384 g/mol. The first-order chi connectivity index (χ1) is 11.8. The third-order valence-corrected chi connectivity index (χ3v) is 4.68. The minimum absolute atomic E-state index is 0.0437. The first kappa shape index (κ1) is 18.9. The molecule has 0 heterocycles. The fourth-order valence-corrected chi connectivity index (χ4v) is 3.30. The summed E-state index contributed by atoms with van der Waals surface area (Å²) in [5, 5.41) is 0.0517. The Hall–Kier alpha value is -2.45. The highest BCUT2D eigenvalue weighted by Crippen LogP contribution is 2.28. The van der Waals surface area contributed by atoms with Gasteiger partial charge in [0.15, 0.2) is 6.61 Å². The van der Waals surface area contributed by atoms with E-state index in [4.69, 9.17) is 26.8 Å². The summed E-state index contributed by atoms with van der Waals surface area (Å²) in [7, 11) is -3.83. The van der Waals surface area contributed by atoms with E-state index in [1.54, 1.807) is 24.3 Å². The molecule has 0 aliphatic carbocycles. The van der Waals surface area contributed by atoms with E-state index in [-0.39, 0.29) is 22.3 Å². The molecular weight excluding hydrogens is 368 g/mol. The van der Waals surface area contributed by atoms with Crippen LogP contribution in [0.15, 0.2) is 47.4 Å². The van der Waals surface area contributed by atoms with Gasteiger partial charge in [-0.25, -0.2) is 8.42 Å². The molecule has 0 aliphatic rings. The Morgan fingerprint density at radius 2 is 1.84 bits per heavy atom. The van der Waals surface area contributed by atoms with Crippen LogP contribution in [0.25, 0.3) is 0 Å². The lowest BCUT2D eigenvalue weighted by Gasteiger charge is -2.11. The van der Waals surface area contributed by atoms with Crippen LogP contribution in [0.4, 0.5) is 5.69 Å².